The van der Waals surface area contributed by atoms with Crippen molar-refractivity contribution in [2.24, 2.45) is 0 Å². The Balaban J connectivity index is 1.69. The molecule has 1 amide bonds. The number of nitrogens with zero attached hydrogens (tertiary/aromatic N) is 3. The van der Waals surface area contributed by atoms with Gasteiger partial charge in [-0.05, 0) is 32.4 Å². The SMILES string of the molecule is Cc1nc(CCNC(=O)c2cnn(-c3ccccc3C)c2C)cs1. The molecule has 2 aromatic heterocycles. The van der Waals surface area contributed by atoms with Gasteiger partial charge in [-0.1, -0.05) is 18.2 Å². The second-order valence-electron chi connectivity index (χ2n) is 5.71. The van der Waals surface area contributed by atoms with Crippen LogP contribution in [0.3, 0.4) is 0 Å². The number of carbonyl (C=O) groups is 1. The maximum absolute atomic E-state index is 12.4. The van der Waals surface area contributed by atoms with Crippen molar-refractivity contribution in [3.8, 4) is 5.69 Å². The Morgan fingerprint density at radius 3 is 2.75 bits per heavy atom. The number of aromatic nitrogens is 3. The summed E-state index contributed by atoms with van der Waals surface area (Å²) in [7, 11) is 0. The summed E-state index contributed by atoms with van der Waals surface area (Å²) in [6, 6.07) is 8.00. The van der Waals surface area contributed by atoms with Gasteiger partial charge in [0.05, 0.1) is 33.8 Å². The maximum Gasteiger partial charge on any atom is 0.254 e. The van der Waals surface area contributed by atoms with E-state index < -0.39 is 0 Å². The summed E-state index contributed by atoms with van der Waals surface area (Å²) < 4.78 is 1.81. The van der Waals surface area contributed by atoms with Crippen LogP contribution in [0, 0.1) is 20.8 Å². The molecule has 0 atom stereocenters. The number of amides is 1. The second-order valence-corrected chi connectivity index (χ2v) is 6.77. The minimum atomic E-state index is -0.0979. The molecule has 5 nitrogen and oxygen atoms in total. The topological polar surface area (TPSA) is 59.8 Å². The summed E-state index contributed by atoms with van der Waals surface area (Å²) in [5.74, 6) is -0.0979. The van der Waals surface area contributed by atoms with Crippen molar-refractivity contribution in [3.05, 3.63) is 63.4 Å². The van der Waals surface area contributed by atoms with Crippen molar-refractivity contribution >= 4 is 17.2 Å². The molecule has 0 radical (unpaired) electrons. The summed E-state index contributed by atoms with van der Waals surface area (Å²) in [6.07, 6.45) is 2.37. The monoisotopic (exact) mass is 340 g/mol. The zero-order valence-electron chi connectivity index (χ0n) is 14.0. The number of para-hydroxylation sites is 1. The molecule has 3 aromatic rings. The van der Waals surface area contributed by atoms with Crippen LogP contribution in [0.1, 0.15) is 32.3 Å². The fourth-order valence-electron chi connectivity index (χ4n) is 2.60. The normalized spacial score (nSPS) is 10.8. The Morgan fingerprint density at radius 1 is 1.25 bits per heavy atom. The standard InChI is InChI=1S/C18H20N4OS/c1-12-6-4-5-7-17(12)22-13(2)16(10-20-22)18(23)19-9-8-15-11-24-14(3)21-15/h4-7,10-11H,8-9H2,1-3H3,(H,19,23). The summed E-state index contributed by atoms with van der Waals surface area (Å²) in [4.78, 5) is 16.8. The highest BCUT2D eigenvalue weighted by molar-refractivity contribution is 7.09. The van der Waals surface area contributed by atoms with Gasteiger partial charge in [-0.15, -0.1) is 11.3 Å². The summed E-state index contributed by atoms with van der Waals surface area (Å²) >= 11 is 1.63. The van der Waals surface area contributed by atoms with E-state index in [4.69, 9.17) is 0 Å². The number of benzene rings is 1. The zero-order valence-corrected chi connectivity index (χ0v) is 14.9. The van der Waals surface area contributed by atoms with E-state index in [1.165, 1.54) is 0 Å². The molecule has 6 heteroatoms. The predicted octanol–water partition coefficient (Wildman–Crippen LogP) is 3.23. The van der Waals surface area contributed by atoms with Crippen LogP contribution in [0.2, 0.25) is 0 Å². The molecule has 0 bridgehead atoms. The van der Waals surface area contributed by atoms with Gasteiger partial charge >= 0.3 is 0 Å². The summed E-state index contributed by atoms with van der Waals surface area (Å²) in [6.45, 7) is 6.50. The van der Waals surface area contributed by atoms with E-state index in [0.29, 0.717) is 12.1 Å². The van der Waals surface area contributed by atoms with E-state index >= 15 is 0 Å². The fourth-order valence-corrected chi connectivity index (χ4v) is 3.25. The van der Waals surface area contributed by atoms with Gasteiger partial charge < -0.3 is 5.32 Å². The van der Waals surface area contributed by atoms with Crippen LogP contribution in [0.4, 0.5) is 0 Å². The van der Waals surface area contributed by atoms with Crippen LogP contribution in [0.25, 0.3) is 5.69 Å². The fraction of sp³-hybridized carbons (Fsp3) is 0.278. The van der Waals surface area contributed by atoms with E-state index in [1.807, 2.05) is 55.1 Å². The number of rotatable bonds is 5. The van der Waals surface area contributed by atoms with Crippen molar-refractivity contribution in [3.63, 3.8) is 0 Å². The van der Waals surface area contributed by atoms with E-state index in [-0.39, 0.29) is 5.91 Å². The first kappa shape index (κ1) is 16.4. The Labute approximate surface area is 145 Å². The van der Waals surface area contributed by atoms with Crippen LogP contribution >= 0.6 is 11.3 Å². The van der Waals surface area contributed by atoms with Gasteiger partial charge in [0.15, 0.2) is 0 Å². The molecule has 1 N–H and O–H groups in total. The zero-order chi connectivity index (χ0) is 17.1. The molecule has 3 rings (SSSR count). The largest absolute Gasteiger partial charge is 0.352 e. The summed E-state index contributed by atoms with van der Waals surface area (Å²) in [5, 5.41) is 10.4. The number of carbonyl (C=O) groups excluding carboxylic acids is 1. The number of hydrogen-bond donors (Lipinski definition) is 1. The molecule has 0 saturated carbocycles. The first-order valence-electron chi connectivity index (χ1n) is 7.86. The van der Waals surface area contributed by atoms with Crippen molar-refractivity contribution < 1.29 is 4.79 Å². The number of thiazole rings is 1. The lowest BCUT2D eigenvalue weighted by Gasteiger charge is -2.08. The number of nitrogens with one attached hydrogen (secondary N) is 1. The molecule has 2 heterocycles. The highest BCUT2D eigenvalue weighted by Crippen LogP contribution is 2.17. The molecule has 0 aliphatic heterocycles. The molecule has 24 heavy (non-hydrogen) atoms. The molecule has 0 aliphatic carbocycles. The van der Waals surface area contributed by atoms with Gasteiger partial charge in [0.2, 0.25) is 0 Å². The number of aryl methyl sites for hydroxylation is 2. The van der Waals surface area contributed by atoms with E-state index in [0.717, 1.165) is 34.1 Å². The van der Waals surface area contributed by atoms with Gasteiger partial charge in [-0.3, -0.25) is 4.79 Å². The van der Waals surface area contributed by atoms with E-state index in [2.05, 4.69) is 15.4 Å². The van der Waals surface area contributed by atoms with Crippen molar-refractivity contribution in [2.45, 2.75) is 27.2 Å². The minimum Gasteiger partial charge on any atom is -0.352 e. The van der Waals surface area contributed by atoms with Gasteiger partial charge in [0.25, 0.3) is 5.91 Å². The first-order valence-corrected chi connectivity index (χ1v) is 8.74. The third kappa shape index (κ3) is 3.38. The van der Waals surface area contributed by atoms with Crippen LogP contribution in [-0.4, -0.2) is 27.2 Å². The molecule has 0 aliphatic rings. The molecule has 1 aromatic carbocycles. The average Bonchev–Trinajstić information content (AvgIpc) is 3.14. The van der Waals surface area contributed by atoms with E-state index in [1.54, 1.807) is 17.5 Å². The van der Waals surface area contributed by atoms with Gasteiger partial charge in [-0.25, -0.2) is 9.67 Å². The molecular weight excluding hydrogens is 320 g/mol. The molecule has 0 spiro atoms. The average molecular weight is 340 g/mol. The Kier molecular flexibility index (Phi) is 4.76. The highest BCUT2D eigenvalue weighted by atomic mass is 32.1. The smallest absolute Gasteiger partial charge is 0.254 e. The van der Waals surface area contributed by atoms with Gasteiger partial charge in [-0.2, -0.15) is 5.10 Å². The first-order chi connectivity index (χ1) is 11.6. The van der Waals surface area contributed by atoms with Crippen molar-refractivity contribution in [1.82, 2.24) is 20.1 Å². The lowest BCUT2D eigenvalue weighted by atomic mass is 10.2. The second kappa shape index (κ2) is 6.97. The highest BCUT2D eigenvalue weighted by Gasteiger charge is 2.15. The lowest BCUT2D eigenvalue weighted by molar-refractivity contribution is 0.0953. The van der Waals surface area contributed by atoms with Gasteiger partial charge in [0, 0.05) is 18.3 Å². The Morgan fingerprint density at radius 2 is 2.04 bits per heavy atom. The predicted molar refractivity (Wildman–Crippen MR) is 95.9 cm³/mol. The van der Waals surface area contributed by atoms with Gasteiger partial charge in [0.1, 0.15) is 0 Å². The molecule has 0 fully saturated rings. The quantitative estimate of drug-likeness (QED) is 0.776. The molecule has 0 unspecified atom stereocenters. The van der Waals surface area contributed by atoms with E-state index in [9.17, 15) is 4.79 Å². The molecule has 124 valence electrons. The molecule has 0 saturated heterocycles. The minimum absolute atomic E-state index is 0.0979. The Hall–Kier alpha value is -2.47. The van der Waals surface area contributed by atoms with Crippen molar-refractivity contribution in [2.75, 3.05) is 6.54 Å². The van der Waals surface area contributed by atoms with Crippen LogP contribution in [-0.2, 0) is 6.42 Å². The lowest BCUT2D eigenvalue weighted by Crippen LogP contribution is -2.26. The third-order valence-electron chi connectivity index (χ3n) is 3.93. The summed E-state index contributed by atoms with van der Waals surface area (Å²) in [5.41, 5.74) is 4.57. The Bertz CT molecular complexity index is 866. The van der Waals surface area contributed by atoms with Crippen LogP contribution in [0.5, 0.6) is 0 Å². The number of hydrogen-bond acceptors (Lipinski definition) is 4. The van der Waals surface area contributed by atoms with Crippen LogP contribution in [0.15, 0.2) is 35.8 Å². The van der Waals surface area contributed by atoms with Crippen molar-refractivity contribution in [1.29, 1.82) is 0 Å². The third-order valence-corrected chi connectivity index (χ3v) is 4.75. The maximum atomic E-state index is 12.4. The van der Waals surface area contributed by atoms with Crippen LogP contribution < -0.4 is 5.32 Å². The molecular formula is C18H20N4OS.